The van der Waals surface area contributed by atoms with Gasteiger partial charge in [-0.2, -0.15) is 0 Å². The zero-order valence-electron chi connectivity index (χ0n) is 11.0. The second-order valence-corrected chi connectivity index (χ2v) is 5.89. The van der Waals surface area contributed by atoms with Crippen LogP contribution in [-0.2, 0) is 24.2 Å². The van der Waals surface area contributed by atoms with E-state index >= 15 is 0 Å². The summed E-state index contributed by atoms with van der Waals surface area (Å²) in [6.07, 6.45) is 2.77. The standard InChI is InChI=1S/C15H15BrN2O2/c16-11-5-3-10(4-6-11)15-12-2-1-9-18(12)13(17-15)7-8-14(19)20/h3-6H,1-2,7-9H2,(H,19,20). The molecule has 1 N–H and O–H groups in total. The predicted octanol–water partition coefficient (Wildman–Crippen LogP) is 3.28. The number of fused-ring (bicyclic) bond motifs is 1. The first kappa shape index (κ1) is 13.4. The van der Waals surface area contributed by atoms with E-state index < -0.39 is 5.97 Å². The SMILES string of the molecule is O=C(O)CCc1nc(-c2ccc(Br)cc2)c2n1CCC2. The fourth-order valence-electron chi connectivity index (χ4n) is 2.71. The molecule has 0 aliphatic carbocycles. The van der Waals surface area contributed by atoms with Crippen LogP contribution in [0.1, 0.15) is 24.4 Å². The molecule has 2 aromatic rings. The molecule has 0 atom stereocenters. The zero-order valence-corrected chi connectivity index (χ0v) is 12.6. The van der Waals surface area contributed by atoms with E-state index in [1.807, 2.05) is 24.3 Å². The van der Waals surface area contributed by atoms with Gasteiger partial charge in [0.25, 0.3) is 0 Å². The lowest BCUT2D eigenvalue weighted by Crippen LogP contribution is -2.04. The molecule has 0 bridgehead atoms. The summed E-state index contributed by atoms with van der Waals surface area (Å²) in [4.78, 5) is 15.4. The third-order valence-corrected chi connectivity index (χ3v) is 4.16. The van der Waals surface area contributed by atoms with Crippen molar-refractivity contribution >= 4 is 21.9 Å². The Morgan fingerprint density at radius 1 is 1.35 bits per heavy atom. The normalized spacial score (nSPS) is 13.4. The first-order valence-electron chi connectivity index (χ1n) is 6.71. The number of halogens is 1. The summed E-state index contributed by atoms with van der Waals surface area (Å²) in [6.45, 7) is 0.952. The highest BCUT2D eigenvalue weighted by molar-refractivity contribution is 9.10. The highest BCUT2D eigenvalue weighted by Crippen LogP contribution is 2.30. The Balaban J connectivity index is 1.97. The van der Waals surface area contributed by atoms with Crippen LogP contribution in [0.2, 0.25) is 0 Å². The molecule has 3 rings (SSSR count). The number of aromatic nitrogens is 2. The Morgan fingerprint density at radius 2 is 2.10 bits per heavy atom. The van der Waals surface area contributed by atoms with Crippen LogP contribution in [-0.4, -0.2) is 20.6 Å². The van der Waals surface area contributed by atoms with Gasteiger partial charge in [-0.3, -0.25) is 4.79 Å². The van der Waals surface area contributed by atoms with E-state index in [0.717, 1.165) is 40.9 Å². The van der Waals surface area contributed by atoms with E-state index in [2.05, 4.69) is 25.5 Å². The molecule has 5 heteroatoms. The Bertz CT molecular complexity index is 647. The molecule has 1 aromatic carbocycles. The van der Waals surface area contributed by atoms with E-state index in [9.17, 15) is 4.79 Å². The van der Waals surface area contributed by atoms with Crippen LogP contribution in [0.25, 0.3) is 11.3 Å². The van der Waals surface area contributed by atoms with E-state index in [1.54, 1.807) is 0 Å². The van der Waals surface area contributed by atoms with Crippen molar-refractivity contribution in [3.05, 3.63) is 40.3 Å². The van der Waals surface area contributed by atoms with Gasteiger partial charge in [0, 0.05) is 28.7 Å². The van der Waals surface area contributed by atoms with Gasteiger partial charge in [0.1, 0.15) is 5.82 Å². The van der Waals surface area contributed by atoms with Gasteiger partial charge in [0.15, 0.2) is 0 Å². The molecule has 0 radical (unpaired) electrons. The van der Waals surface area contributed by atoms with Crippen LogP contribution < -0.4 is 0 Å². The Morgan fingerprint density at radius 3 is 2.80 bits per heavy atom. The number of imidazole rings is 1. The molecule has 1 aliphatic heterocycles. The third-order valence-electron chi connectivity index (χ3n) is 3.63. The summed E-state index contributed by atoms with van der Waals surface area (Å²) in [5.74, 6) is 0.128. The molecule has 104 valence electrons. The summed E-state index contributed by atoms with van der Waals surface area (Å²) >= 11 is 3.44. The number of hydrogen-bond acceptors (Lipinski definition) is 2. The van der Waals surface area contributed by atoms with Crippen LogP contribution >= 0.6 is 15.9 Å². The zero-order chi connectivity index (χ0) is 14.1. The minimum Gasteiger partial charge on any atom is -0.481 e. The van der Waals surface area contributed by atoms with Gasteiger partial charge >= 0.3 is 5.97 Å². The quantitative estimate of drug-likeness (QED) is 0.933. The van der Waals surface area contributed by atoms with Gasteiger partial charge in [-0.1, -0.05) is 28.1 Å². The van der Waals surface area contributed by atoms with E-state index in [0.29, 0.717) is 6.42 Å². The summed E-state index contributed by atoms with van der Waals surface area (Å²) in [5, 5.41) is 8.84. The molecular formula is C15H15BrN2O2. The molecule has 1 aliphatic rings. The Labute approximate surface area is 125 Å². The lowest BCUT2D eigenvalue weighted by molar-refractivity contribution is -0.137. The number of rotatable bonds is 4. The first-order valence-corrected chi connectivity index (χ1v) is 7.50. The first-order chi connectivity index (χ1) is 9.65. The van der Waals surface area contributed by atoms with Crippen molar-refractivity contribution in [3.63, 3.8) is 0 Å². The van der Waals surface area contributed by atoms with Crippen LogP contribution in [0, 0.1) is 0 Å². The Hall–Kier alpha value is -1.62. The minimum atomic E-state index is -0.773. The number of aliphatic carboxylic acids is 1. The largest absolute Gasteiger partial charge is 0.481 e. The van der Waals surface area contributed by atoms with Crippen LogP contribution in [0.15, 0.2) is 28.7 Å². The molecule has 20 heavy (non-hydrogen) atoms. The van der Waals surface area contributed by atoms with Gasteiger partial charge in [-0.25, -0.2) is 4.98 Å². The number of nitrogens with zero attached hydrogens (tertiary/aromatic N) is 2. The maximum Gasteiger partial charge on any atom is 0.303 e. The monoisotopic (exact) mass is 334 g/mol. The minimum absolute atomic E-state index is 0.135. The van der Waals surface area contributed by atoms with Gasteiger partial charge in [0.2, 0.25) is 0 Å². The molecular weight excluding hydrogens is 320 g/mol. The van der Waals surface area contributed by atoms with Crippen LogP contribution in [0.3, 0.4) is 0 Å². The topological polar surface area (TPSA) is 55.1 Å². The summed E-state index contributed by atoms with van der Waals surface area (Å²) < 4.78 is 3.24. The summed E-state index contributed by atoms with van der Waals surface area (Å²) in [6, 6.07) is 8.11. The molecule has 2 heterocycles. The van der Waals surface area contributed by atoms with Gasteiger partial charge in [-0.05, 0) is 25.0 Å². The second-order valence-electron chi connectivity index (χ2n) is 4.98. The molecule has 0 amide bonds. The number of carboxylic acid groups (broad SMARTS) is 1. The number of hydrogen-bond donors (Lipinski definition) is 1. The van der Waals surface area contributed by atoms with Crippen molar-refractivity contribution in [1.29, 1.82) is 0 Å². The highest BCUT2D eigenvalue weighted by atomic mass is 79.9. The summed E-state index contributed by atoms with van der Waals surface area (Å²) in [5.41, 5.74) is 3.35. The van der Waals surface area contributed by atoms with Crippen molar-refractivity contribution in [2.75, 3.05) is 0 Å². The highest BCUT2D eigenvalue weighted by Gasteiger charge is 2.22. The number of aryl methyl sites for hydroxylation is 1. The van der Waals surface area contributed by atoms with E-state index in [1.165, 1.54) is 5.69 Å². The molecule has 0 fully saturated rings. The number of carboxylic acids is 1. The molecule has 1 aromatic heterocycles. The van der Waals surface area contributed by atoms with Gasteiger partial charge in [0.05, 0.1) is 12.1 Å². The maximum atomic E-state index is 10.7. The van der Waals surface area contributed by atoms with Crippen molar-refractivity contribution in [1.82, 2.24) is 9.55 Å². The fraction of sp³-hybridized carbons (Fsp3) is 0.333. The lowest BCUT2D eigenvalue weighted by Gasteiger charge is -2.01. The van der Waals surface area contributed by atoms with Crippen molar-refractivity contribution < 1.29 is 9.90 Å². The summed E-state index contributed by atoms with van der Waals surface area (Å²) in [7, 11) is 0. The molecule has 0 saturated carbocycles. The second kappa shape index (κ2) is 5.40. The molecule has 0 unspecified atom stereocenters. The molecule has 0 saturated heterocycles. The fourth-order valence-corrected chi connectivity index (χ4v) is 2.97. The van der Waals surface area contributed by atoms with E-state index in [-0.39, 0.29) is 6.42 Å². The smallest absolute Gasteiger partial charge is 0.303 e. The van der Waals surface area contributed by atoms with Crippen LogP contribution in [0.4, 0.5) is 0 Å². The van der Waals surface area contributed by atoms with Crippen LogP contribution in [0.5, 0.6) is 0 Å². The van der Waals surface area contributed by atoms with Gasteiger partial charge < -0.3 is 9.67 Å². The van der Waals surface area contributed by atoms with Crippen molar-refractivity contribution in [2.45, 2.75) is 32.2 Å². The number of benzene rings is 1. The Kier molecular flexibility index (Phi) is 3.61. The average molecular weight is 335 g/mol. The van der Waals surface area contributed by atoms with Crippen molar-refractivity contribution in [3.8, 4) is 11.3 Å². The van der Waals surface area contributed by atoms with Crippen molar-refractivity contribution in [2.24, 2.45) is 0 Å². The van der Waals surface area contributed by atoms with Gasteiger partial charge in [-0.15, -0.1) is 0 Å². The average Bonchev–Trinajstić information content (AvgIpc) is 3.00. The maximum absolute atomic E-state index is 10.7. The lowest BCUT2D eigenvalue weighted by atomic mass is 10.1. The third kappa shape index (κ3) is 2.50. The number of carbonyl (C=O) groups is 1. The molecule has 0 spiro atoms. The molecule has 4 nitrogen and oxygen atoms in total. The predicted molar refractivity (Wildman–Crippen MR) is 79.6 cm³/mol. The van der Waals surface area contributed by atoms with E-state index in [4.69, 9.17) is 5.11 Å².